The fraction of sp³-hybridized carbons (Fsp3) is 0.600. The largest absolute Gasteiger partial charge is 0.384 e. The number of nitrogens with one attached hydrogen (secondary N) is 1. The van der Waals surface area contributed by atoms with Crippen LogP contribution in [0.15, 0.2) is 18.2 Å². The van der Waals surface area contributed by atoms with E-state index in [2.05, 4.69) is 28.4 Å². The summed E-state index contributed by atoms with van der Waals surface area (Å²) in [4.78, 5) is 2.63. The minimum Gasteiger partial charge on any atom is -0.384 e. The van der Waals surface area contributed by atoms with Crippen LogP contribution in [0.1, 0.15) is 30.4 Å². The van der Waals surface area contributed by atoms with Crippen LogP contribution in [0, 0.1) is 0 Å². The van der Waals surface area contributed by atoms with E-state index in [1.54, 1.807) is 11.1 Å². The van der Waals surface area contributed by atoms with Gasteiger partial charge in [-0.3, -0.25) is 0 Å². The van der Waals surface area contributed by atoms with Gasteiger partial charge in [-0.2, -0.15) is 0 Å². The minimum atomic E-state index is 1.12. The first-order chi connectivity index (χ1) is 8.43. The lowest BCUT2D eigenvalue weighted by atomic mass is 10.0. The average Bonchev–Trinajstić information content (AvgIpc) is 2.86. The molecule has 0 aromatic heterocycles. The highest BCUT2D eigenvalue weighted by molar-refractivity contribution is 5.58. The van der Waals surface area contributed by atoms with E-state index in [-0.39, 0.29) is 0 Å². The van der Waals surface area contributed by atoms with Crippen molar-refractivity contribution in [1.29, 1.82) is 0 Å². The molecule has 17 heavy (non-hydrogen) atoms. The number of anilines is 1. The summed E-state index contributed by atoms with van der Waals surface area (Å²) in [5, 5.41) is 3.46. The third-order valence-electron chi connectivity index (χ3n) is 4.11. The van der Waals surface area contributed by atoms with Gasteiger partial charge in [-0.05, 0) is 56.0 Å². The van der Waals surface area contributed by atoms with Crippen molar-refractivity contribution in [2.75, 3.05) is 31.5 Å². The summed E-state index contributed by atoms with van der Waals surface area (Å²) in [7, 11) is 0. The van der Waals surface area contributed by atoms with E-state index in [9.17, 15) is 0 Å². The van der Waals surface area contributed by atoms with Crippen LogP contribution in [-0.4, -0.2) is 31.1 Å². The maximum absolute atomic E-state index is 3.46. The molecule has 3 rings (SSSR count). The molecule has 2 heteroatoms. The Morgan fingerprint density at radius 3 is 2.88 bits per heavy atom. The standard InChI is InChI=1S/C15H22N2/c1-2-10-17(11-3-1)12-8-13-5-4-6-15-14(13)7-9-16-15/h4-6,16H,1-3,7-12H2. The summed E-state index contributed by atoms with van der Waals surface area (Å²) < 4.78 is 0. The molecule has 0 atom stereocenters. The van der Waals surface area contributed by atoms with Crippen molar-refractivity contribution in [1.82, 2.24) is 4.90 Å². The van der Waals surface area contributed by atoms with Crippen molar-refractivity contribution < 1.29 is 0 Å². The summed E-state index contributed by atoms with van der Waals surface area (Å²) in [6, 6.07) is 6.73. The Labute approximate surface area is 104 Å². The molecule has 2 nitrogen and oxygen atoms in total. The average molecular weight is 230 g/mol. The van der Waals surface area contributed by atoms with Crippen molar-refractivity contribution in [3.63, 3.8) is 0 Å². The van der Waals surface area contributed by atoms with E-state index < -0.39 is 0 Å². The number of nitrogens with zero attached hydrogens (tertiary/aromatic N) is 1. The molecular formula is C15H22N2. The zero-order valence-electron chi connectivity index (χ0n) is 10.5. The lowest BCUT2D eigenvalue weighted by Gasteiger charge is -2.26. The first kappa shape index (κ1) is 11.1. The maximum Gasteiger partial charge on any atom is 0.0376 e. The van der Waals surface area contributed by atoms with Gasteiger partial charge in [0.2, 0.25) is 0 Å². The summed E-state index contributed by atoms with van der Waals surface area (Å²) in [5.41, 5.74) is 4.52. The first-order valence-electron chi connectivity index (χ1n) is 7.00. The summed E-state index contributed by atoms with van der Waals surface area (Å²) >= 11 is 0. The highest BCUT2D eigenvalue weighted by Crippen LogP contribution is 2.26. The second-order valence-corrected chi connectivity index (χ2v) is 5.27. The second-order valence-electron chi connectivity index (χ2n) is 5.27. The van der Waals surface area contributed by atoms with Crippen LogP contribution >= 0.6 is 0 Å². The van der Waals surface area contributed by atoms with Crippen LogP contribution in [0.25, 0.3) is 0 Å². The molecule has 2 aliphatic rings. The molecule has 0 aliphatic carbocycles. The van der Waals surface area contributed by atoms with E-state index in [0.717, 1.165) is 6.54 Å². The van der Waals surface area contributed by atoms with E-state index in [4.69, 9.17) is 0 Å². The Balaban J connectivity index is 1.63. The zero-order chi connectivity index (χ0) is 11.5. The van der Waals surface area contributed by atoms with Gasteiger partial charge < -0.3 is 10.2 Å². The lowest BCUT2D eigenvalue weighted by molar-refractivity contribution is 0.231. The van der Waals surface area contributed by atoms with Gasteiger partial charge >= 0.3 is 0 Å². The third kappa shape index (κ3) is 2.47. The molecule has 1 fully saturated rings. The highest BCUT2D eigenvalue weighted by Gasteiger charge is 2.15. The van der Waals surface area contributed by atoms with Crippen molar-refractivity contribution in [3.05, 3.63) is 29.3 Å². The number of fused-ring (bicyclic) bond motifs is 1. The molecule has 0 amide bonds. The van der Waals surface area contributed by atoms with E-state index in [1.165, 1.54) is 57.4 Å². The smallest absolute Gasteiger partial charge is 0.0376 e. The number of hydrogen-bond acceptors (Lipinski definition) is 2. The highest BCUT2D eigenvalue weighted by atomic mass is 15.1. The molecule has 92 valence electrons. The molecular weight excluding hydrogens is 208 g/mol. The van der Waals surface area contributed by atoms with Gasteiger partial charge in [-0.25, -0.2) is 0 Å². The van der Waals surface area contributed by atoms with Crippen molar-refractivity contribution in [2.45, 2.75) is 32.1 Å². The van der Waals surface area contributed by atoms with Gasteiger partial charge in [-0.1, -0.05) is 18.6 Å². The van der Waals surface area contributed by atoms with Gasteiger partial charge in [-0.15, -0.1) is 0 Å². The molecule has 0 bridgehead atoms. The third-order valence-corrected chi connectivity index (χ3v) is 4.11. The van der Waals surface area contributed by atoms with Gasteiger partial charge in [0, 0.05) is 18.8 Å². The van der Waals surface area contributed by atoms with Gasteiger partial charge in [0.25, 0.3) is 0 Å². The summed E-state index contributed by atoms with van der Waals surface area (Å²) in [5.74, 6) is 0. The predicted octanol–water partition coefficient (Wildman–Crippen LogP) is 2.68. The minimum absolute atomic E-state index is 1.12. The molecule has 2 heterocycles. The predicted molar refractivity (Wildman–Crippen MR) is 72.6 cm³/mol. The van der Waals surface area contributed by atoms with Crippen molar-refractivity contribution in [2.24, 2.45) is 0 Å². The summed E-state index contributed by atoms with van der Waals surface area (Å²) in [6.45, 7) is 4.99. The quantitative estimate of drug-likeness (QED) is 0.859. The van der Waals surface area contributed by atoms with Gasteiger partial charge in [0.05, 0.1) is 0 Å². The fourth-order valence-corrected chi connectivity index (χ4v) is 3.11. The summed E-state index contributed by atoms with van der Waals surface area (Å²) in [6.07, 6.45) is 6.67. The molecule has 1 N–H and O–H groups in total. The topological polar surface area (TPSA) is 15.3 Å². The Hall–Kier alpha value is -1.02. The van der Waals surface area contributed by atoms with Gasteiger partial charge in [0.15, 0.2) is 0 Å². The number of likely N-dealkylation sites (tertiary alicyclic amines) is 1. The molecule has 1 aromatic carbocycles. The van der Waals surface area contributed by atoms with Crippen molar-refractivity contribution >= 4 is 5.69 Å². The molecule has 0 spiro atoms. The molecule has 0 unspecified atom stereocenters. The normalized spacial score (nSPS) is 20.0. The van der Waals surface area contributed by atoms with Crippen LogP contribution < -0.4 is 5.32 Å². The molecule has 1 aromatic rings. The van der Waals surface area contributed by atoms with Gasteiger partial charge in [0.1, 0.15) is 0 Å². The zero-order valence-corrected chi connectivity index (χ0v) is 10.5. The van der Waals surface area contributed by atoms with E-state index in [1.807, 2.05) is 0 Å². The second kappa shape index (κ2) is 5.09. The maximum atomic E-state index is 3.46. The molecule has 1 saturated heterocycles. The van der Waals surface area contributed by atoms with Crippen LogP contribution in [0.4, 0.5) is 5.69 Å². The first-order valence-corrected chi connectivity index (χ1v) is 7.00. The van der Waals surface area contributed by atoms with Crippen LogP contribution in [0.5, 0.6) is 0 Å². The Bertz CT molecular complexity index is 381. The van der Waals surface area contributed by atoms with Crippen LogP contribution in [0.2, 0.25) is 0 Å². The van der Waals surface area contributed by atoms with E-state index >= 15 is 0 Å². The number of rotatable bonds is 3. The van der Waals surface area contributed by atoms with Crippen LogP contribution in [-0.2, 0) is 12.8 Å². The molecule has 0 radical (unpaired) electrons. The molecule has 0 saturated carbocycles. The fourth-order valence-electron chi connectivity index (χ4n) is 3.11. The van der Waals surface area contributed by atoms with E-state index in [0.29, 0.717) is 0 Å². The van der Waals surface area contributed by atoms with Crippen LogP contribution in [0.3, 0.4) is 0 Å². The number of hydrogen-bond donors (Lipinski definition) is 1. The molecule has 2 aliphatic heterocycles. The number of piperidine rings is 1. The Morgan fingerprint density at radius 2 is 2.00 bits per heavy atom. The number of benzene rings is 1. The Kier molecular flexibility index (Phi) is 3.32. The monoisotopic (exact) mass is 230 g/mol. The lowest BCUT2D eigenvalue weighted by Crippen LogP contribution is -2.31. The van der Waals surface area contributed by atoms with Crippen molar-refractivity contribution in [3.8, 4) is 0 Å². The Morgan fingerprint density at radius 1 is 1.12 bits per heavy atom. The SMILES string of the molecule is c1cc(CCN2CCCCC2)c2c(c1)NCC2.